The number of esters is 1. The van der Waals surface area contributed by atoms with Gasteiger partial charge in [-0.3, -0.25) is 0 Å². The number of pyridine rings is 1. The maximum atomic E-state index is 11.5. The van der Waals surface area contributed by atoms with Crippen LogP contribution in [0.2, 0.25) is 0 Å². The van der Waals surface area contributed by atoms with Crippen molar-refractivity contribution in [3.63, 3.8) is 0 Å². The number of ether oxygens (including phenoxy) is 1. The highest BCUT2D eigenvalue weighted by Crippen LogP contribution is 2.28. The SMILES string of the molecule is COC(=O)c1ccc(N)c(N(C)C2CCCCC2O)n1. The molecule has 110 valence electrons. The van der Waals surface area contributed by atoms with E-state index >= 15 is 0 Å². The second kappa shape index (κ2) is 6.09. The predicted octanol–water partition coefficient (Wildman–Crippen LogP) is 1.19. The molecule has 1 aromatic rings. The maximum Gasteiger partial charge on any atom is 0.356 e. The Morgan fingerprint density at radius 3 is 2.80 bits per heavy atom. The molecule has 0 aliphatic heterocycles. The smallest absolute Gasteiger partial charge is 0.356 e. The summed E-state index contributed by atoms with van der Waals surface area (Å²) in [4.78, 5) is 17.7. The highest BCUT2D eigenvalue weighted by atomic mass is 16.5. The van der Waals surface area contributed by atoms with Gasteiger partial charge in [0.2, 0.25) is 0 Å². The molecule has 6 nitrogen and oxygen atoms in total. The molecule has 0 aromatic carbocycles. The van der Waals surface area contributed by atoms with Gasteiger partial charge < -0.3 is 20.5 Å². The van der Waals surface area contributed by atoms with Gasteiger partial charge in [0.05, 0.1) is 24.9 Å². The van der Waals surface area contributed by atoms with E-state index < -0.39 is 12.1 Å². The molecule has 1 aliphatic rings. The van der Waals surface area contributed by atoms with Crippen LogP contribution in [-0.2, 0) is 4.74 Å². The molecule has 0 spiro atoms. The largest absolute Gasteiger partial charge is 0.464 e. The van der Waals surface area contributed by atoms with E-state index in [0.717, 1.165) is 25.7 Å². The first kappa shape index (κ1) is 14.6. The van der Waals surface area contributed by atoms with E-state index in [1.807, 2.05) is 11.9 Å². The summed E-state index contributed by atoms with van der Waals surface area (Å²) < 4.78 is 4.67. The summed E-state index contributed by atoms with van der Waals surface area (Å²) in [5.41, 5.74) is 6.65. The zero-order chi connectivity index (χ0) is 14.7. The van der Waals surface area contributed by atoms with Crippen molar-refractivity contribution in [1.82, 2.24) is 4.98 Å². The van der Waals surface area contributed by atoms with Crippen LogP contribution in [0.3, 0.4) is 0 Å². The number of methoxy groups -OCH3 is 1. The Hall–Kier alpha value is -1.82. The molecule has 2 unspecified atom stereocenters. The van der Waals surface area contributed by atoms with Crippen molar-refractivity contribution in [2.24, 2.45) is 0 Å². The van der Waals surface area contributed by atoms with Crippen molar-refractivity contribution in [1.29, 1.82) is 0 Å². The van der Waals surface area contributed by atoms with Crippen LogP contribution in [0.1, 0.15) is 36.2 Å². The van der Waals surface area contributed by atoms with Crippen LogP contribution in [0.15, 0.2) is 12.1 Å². The number of carbonyl (C=O) groups excluding carboxylic acids is 1. The molecule has 2 atom stereocenters. The van der Waals surface area contributed by atoms with E-state index in [9.17, 15) is 9.90 Å². The number of nitrogens with two attached hydrogens (primary N) is 1. The second-order valence-corrected chi connectivity index (χ2v) is 5.13. The van der Waals surface area contributed by atoms with Crippen LogP contribution in [0, 0.1) is 0 Å². The van der Waals surface area contributed by atoms with Gasteiger partial charge >= 0.3 is 5.97 Å². The number of carbonyl (C=O) groups is 1. The fraction of sp³-hybridized carbons (Fsp3) is 0.571. The Morgan fingerprint density at radius 2 is 2.15 bits per heavy atom. The fourth-order valence-corrected chi connectivity index (χ4v) is 2.66. The third-order valence-corrected chi connectivity index (χ3v) is 3.83. The average molecular weight is 279 g/mol. The van der Waals surface area contributed by atoms with Crippen molar-refractivity contribution in [2.75, 3.05) is 24.8 Å². The summed E-state index contributed by atoms with van der Waals surface area (Å²) in [6.07, 6.45) is 3.39. The van der Waals surface area contributed by atoms with Crippen molar-refractivity contribution < 1.29 is 14.6 Å². The molecular formula is C14H21N3O3. The number of hydrogen-bond donors (Lipinski definition) is 2. The van der Waals surface area contributed by atoms with Gasteiger partial charge in [0.25, 0.3) is 0 Å². The maximum absolute atomic E-state index is 11.5. The number of likely N-dealkylation sites (N-methyl/N-ethyl adjacent to an activating group) is 1. The van der Waals surface area contributed by atoms with Crippen LogP contribution >= 0.6 is 0 Å². The summed E-state index contributed by atoms with van der Waals surface area (Å²) in [6, 6.07) is 3.15. The number of aromatic nitrogens is 1. The zero-order valence-electron chi connectivity index (χ0n) is 11.9. The number of nitrogen functional groups attached to an aromatic ring is 1. The molecular weight excluding hydrogens is 258 g/mol. The monoisotopic (exact) mass is 279 g/mol. The molecule has 1 fully saturated rings. The van der Waals surface area contributed by atoms with Crippen LogP contribution in [0.4, 0.5) is 11.5 Å². The molecule has 1 aromatic heterocycles. The van der Waals surface area contributed by atoms with E-state index in [0.29, 0.717) is 11.5 Å². The van der Waals surface area contributed by atoms with Crippen LogP contribution in [0.25, 0.3) is 0 Å². The van der Waals surface area contributed by atoms with Gasteiger partial charge in [-0.2, -0.15) is 0 Å². The lowest BCUT2D eigenvalue weighted by atomic mass is 9.91. The Kier molecular flexibility index (Phi) is 4.44. The number of rotatable bonds is 3. The Morgan fingerprint density at radius 1 is 1.45 bits per heavy atom. The molecule has 1 aliphatic carbocycles. The topological polar surface area (TPSA) is 88.7 Å². The minimum absolute atomic E-state index is 0.0218. The number of nitrogens with zero attached hydrogens (tertiary/aromatic N) is 2. The van der Waals surface area contributed by atoms with E-state index in [1.165, 1.54) is 13.2 Å². The van der Waals surface area contributed by atoms with Crippen molar-refractivity contribution in [2.45, 2.75) is 37.8 Å². The summed E-state index contributed by atoms with van der Waals surface area (Å²) in [5.74, 6) is 0.0164. The van der Waals surface area contributed by atoms with Crippen molar-refractivity contribution in [3.05, 3.63) is 17.8 Å². The first-order valence-electron chi connectivity index (χ1n) is 6.80. The molecule has 6 heteroatoms. The lowest BCUT2D eigenvalue weighted by molar-refractivity contribution is 0.0594. The lowest BCUT2D eigenvalue weighted by Gasteiger charge is -2.36. The molecule has 0 bridgehead atoms. The highest BCUT2D eigenvalue weighted by molar-refractivity contribution is 5.88. The first-order chi connectivity index (χ1) is 9.54. The lowest BCUT2D eigenvalue weighted by Crippen LogP contribution is -2.44. The van der Waals surface area contributed by atoms with Gasteiger partial charge in [-0.05, 0) is 25.0 Å². The average Bonchev–Trinajstić information content (AvgIpc) is 2.46. The summed E-state index contributed by atoms with van der Waals surface area (Å²) >= 11 is 0. The predicted molar refractivity (Wildman–Crippen MR) is 76.7 cm³/mol. The first-order valence-corrected chi connectivity index (χ1v) is 6.80. The number of anilines is 2. The Balaban J connectivity index is 2.28. The van der Waals surface area contributed by atoms with Crippen LogP contribution < -0.4 is 10.6 Å². The fourth-order valence-electron chi connectivity index (χ4n) is 2.66. The Labute approximate surface area is 118 Å². The highest BCUT2D eigenvalue weighted by Gasteiger charge is 2.28. The standard InChI is InChI=1S/C14H21N3O3/c1-17(11-5-3-4-6-12(11)18)13-9(15)7-8-10(16-13)14(19)20-2/h7-8,11-12,18H,3-6,15H2,1-2H3. The van der Waals surface area contributed by atoms with E-state index in [1.54, 1.807) is 6.07 Å². The summed E-state index contributed by atoms with van der Waals surface area (Å²) in [5, 5.41) is 10.1. The zero-order valence-corrected chi connectivity index (χ0v) is 11.9. The normalized spacial score (nSPS) is 22.4. The minimum atomic E-state index is -0.496. The van der Waals surface area contributed by atoms with Gasteiger partial charge in [0, 0.05) is 7.05 Å². The summed E-state index contributed by atoms with van der Waals surface area (Å²) in [7, 11) is 3.16. The number of aliphatic hydroxyl groups is 1. The van der Waals surface area contributed by atoms with Crippen molar-refractivity contribution >= 4 is 17.5 Å². The van der Waals surface area contributed by atoms with Crippen LogP contribution in [-0.4, -0.2) is 42.4 Å². The van der Waals surface area contributed by atoms with Gasteiger partial charge in [-0.15, -0.1) is 0 Å². The molecule has 0 saturated heterocycles. The third kappa shape index (κ3) is 2.85. The van der Waals surface area contributed by atoms with Crippen LogP contribution in [0.5, 0.6) is 0 Å². The van der Waals surface area contributed by atoms with E-state index in [-0.39, 0.29) is 11.7 Å². The van der Waals surface area contributed by atoms with Gasteiger partial charge in [0.15, 0.2) is 11.5 Å². The molecule has 2 rings (SSSR count). The quantitative estimate of drug-likeness (QED) is 0.808. The molecule has 1 heterocycles. The number of aliphatic hydroxyl groups excluding tert-OH is 1. The van der Waals surface area contributed by atoms with Gasteiger partial charge in [-0.25, -0.2) is 9.78 Å². The molecule has 0 radical (unpaired) electrons. The van der Waals surface area contributed by atoms with E-state index in [2.05, 4.69) is 9.72 Å². The van der Waals surface area contributed by atoms with Crippen molar-refractivity contribution in [3.8, 4) is 0 Å². The van der Waals surface area contributed by atoms with Gasteiger partial charge in [-0.1, -0.05) is 12.8 Å². The minimum Gasteiger partial charge on any atom is -0.464 e. The second-order valence-electron chi connectivity index (χ2n) is 5.13. The Bertz CT molecular complexity index is 493. The van der Waals surface area contributed by atoms with Gasteiger partial charge in [0.1, 0.15) is 0 Å². The number of hydrogen-bond acceptors (Lipinski definition) is 6. The molecule has 3 N–H and O–H groups in total. The molecule has 0 amide bonds. The summed E-state index contributed by atoms with van der Waals surface area (Å²) in [6.45, 7) is 0. The van der Waals surface area contributed by atoms with E-state index in [4.69, 9.17) is 5.73 Å². The molecule has 20 heavy (non-hydrogen) atoms. The molecule has 1 saturated carbocycles. The third-order valence-electron chi connectivity index (χ3n) is 3.83.